The van der Waals surface area contributed by atoms with E-state index in [1.807, 2.05) is 24.3 Å². The number of rotatable bonds is 6. The highest BCUT2D eigenvalue weighted by molar-refractivity contribution is 9.11. The lowest BCUT2D eigenvalue weighted by atomic mass is 10.3. The highest BCUT2D eigenvalue weighted by Crippen LogP contribution is 2.26. The van der Waals surface area contributed by atoms with Crippen molar-refractivity contribution < 1.29 is 14.3 Å². The van der Waals surface area contributed by atoms with Crippen LogP contribution in [0, 0.1) is 6.92 Å². The molecule has 0 fully saturated rings. The average molecular weight is 454 g/mol. The highest BCUT2D eigenvalue weighted by atomic mass is 79.9. The monoisotopic (exact) mass is 453 g/mol. The third kappa shape index (κ3) is 4.28. The smallest absolute Gasteiger partial charge is 0.325 e. The van der Waals surface area contributed by atoms with E-state index in [4.69, 9.17) is 4.74 Å². The van der Waals surface area contributed by atoms with E-state index in [2.05, 4.69) is 25.9 Å². The lowest BCUT2D eigenvalue weighted by molar-refractivity contribution is -0.143. The number of aryl methyl sites for hydroxylation is 1. The van der Waals surface area contributed by atoms with Gasteiger partial charge in [0.1, 0.15) is 16.4 Å². The summed E-state index contributed by atoms with van der Waals surface area (Å²) in [6.45, 7) is 3.90. The lowest BCUT2D eigenvalue weighted by Crippen LogP contribution is -2.36. The van der Waals surface area contributed by atoms with Gasteiger partial charge in [-0.05, 0) is 41.9 Å². The number of esters is 1. The molecule has 0 aliphatic heterocycles. The third-order valence-electron chi connectivity index (χ3n) is 3.54. The van der Waals surface area contributed by atoms with Crippen LogP contribution in [0.1, 0.15) is 27.3 Å². The fourth-order valence-electron chi connectivity index (χ4n) is 2.42. The number of thiazole rings is 2. The number of carbonyl (C=O) groups excluding carboxylic acids is 2. The minimum atomic E-state index is -0.441. The molecule has 0 N–H and O–H groups in total. The van der Waals surface area contributed by atoms with Gasteiger partial charge in [-0.1, -0.05) is 12.1 Å². The Morgan fingerprint density at radius 3 is 2.65 bits per heavy atom. The first-order valence-electron chi connectivity index (χ1n) is 7.90. The zero-order valence-corrected chi connectivity index (χ0v) is 17.4. The molecule has 0 aliphatic rings. The summed E-state index contributed by atoms with van der Waals surface area (Å²) in [4.78, 5) is 35.7. The Morgan fingerprint density at radius 2 is 2.00 bits per heavy atom. The van der Waals surface area contributed by atoms with Crippen molar-refractivity contribution in [3.05, 3.63) is 43.8 Å². The van der Waals surface area contributed by atoms with Gasteiger partial charge in [-0.2, -0.15) is 0 Å². The maximum Gasteiger partial charge on any atom is 0.325 e. The van der Waals surface area contributed by atoms with Gasteiger partial charge in [0.15, 0.2) is 3.92 Å². The number of hydrogen-bond donors (Lipinski definition) is 0. The molecule has 0 radical (unpaired) electrons. The molecule has 0 saturated heterocycles. The van der Waals surface area contributed by atoms with Crippen molar-refractivity contribution in [3.63, 3.8) is 0 Å². The SMILES string of the molecule is CCOC(=O)CN(Cc1nc2ccccc2s1)C(=O)c1sc(Br)nc1C. The Kier molecular flexibility index (Phi) is 6.00. The van der Waals surface area contributed by atoms with Crippen molar-refractivity contribution in [1.82, 2.24) is 14.9 Å². The number of nitrogens with zero attached hydrogens (tertiary/aromatic N) is 3. The molecule has 0 saturated carbocycles. The zero-order valence-electron chi connectivity index (χ0n) is 14.2. The van der Waals surface area contributed by atoms with Crippen LogP contribution in [-0.4, -0.2) is 39.9 Å². The molecule has 9 heteroatoms. The van der Waals surface area contributed by atoms with E-state index in [0.717, 1.165) is 15.2 Å². The second kappa shape index (κ2) is 8.24. The van der Waals surface area contributed by atoms with Crippen molar-refractivity contribution in [3.8, 4) is 0 Å². The van der Waals surface area contributed by atoms with Crippen molar-refractivity contribution >= 4 is 60.7 Å². The number of aromatic nitrogens is 2. The van der Waals surface area contributed by atoms with Crippen LogP contribution in [0.2, 0.25) is 0 Å². The second-order valence-corrected chi connectivity index (χ2v) is 8.81. The molecule has 2 heterocycles. The Balaban J connectivity index is 1.88. The Labute approximate surface area is 167 Å². The molecule has 26 heavy (non-hydrogen) atoms. The molecule has 3 aromatic rings. The molecular formula is C17H16BrN3O3S2. The summed E-state index contributed by atoms with van der Waals surface area (Å²) < 4.78 is 6.70. The summed E-state index contributed by atoms with van der Waals surface area (Å²) in [5, 5.41) is 0.769. The largest absolute Gasteiger partial charge is 0.465 e. The standard InChI is InChI=1S/C17H16BrN3O3S2/c1-3-24-14(22)9-21(16(23)15-10(2)19-17(18)26-15)8-13-20-11-6-4-5-7-12(11)25-13/h4-7H,3,8-9H2,1-2H3. The Morgan fingerprint density at radius 1 is 1.23 bits per heavy atom. The molecule has 0 spiro atoms. The van der Waals surface area contributed by atoms with Gasteiger partial charge in [-0.25, -0.2) is 9.97 Å². The van der Waals surface area contributed by atoms with Crippen LogP contribution in [0.25, 0.3) is 10.2 Å². The molecule has 1 aromatic carbocycles. The van der Waals surface area contributed by atoms with Gasteiger partial charge in [-0.3, -0.25) is 9.59 Å². The van der Waals surface area contributed by atoms with Crippen molar-refractivity contribution in [2.75, 3.05) is 13.2 Å². The number of hydrogen-bond acceptors (Lipinski definition) is 7. The summed E-state index contributed by atoms with van der Waals surface area (Å²) in [6, 6.07) is 7.78. The molecule has 0 aliphatic carbocycles. The fourth-order valence-corrected chi connectivity index (χ4v) is 4.91. The van der Waals surface area contributed by atoms with Crippen molar-refractivity contribution in [2.24, 2.45) is 0 Å². The van der Waals surface area contributed by atoms with E-state index in [0.29, 0.717) is 14.5 Å². The van der Waals surface area contributed by atoms with Crippen molar-refractivity contribution in [2.45, 2.75) is 20.4 Å². The fraction of sp³-hybridized carbons (Fsp3) is 0.294. The minimum Gasteiger partial charge on any atom is -0.465 e. The van der Waals surface area contributed by atoms with Gasteiger partial charge in [0.25, 0.3) is 5.91 Å². The first-order chi connectivity index (χ1) is 12.5. The number of ether oxygens (including phenoxy) is 1. The number of halogens is 1. The first-order valence-corrected chi connectivity index (χ1v) is 10.3. The van der Waals surface area contributed by atoms with Crippen molar-refractivity contribution in [1.29, 1.82) is 0 Å². The van der Waals surface area contributed by atoms with E-state index in [1.165, 1.54) is 27.6 Å². The van der Waals surface area contributed by atoms with E-state index < -0.39 is 5.97 Å². The molecular weight excluding hydrogens is 438 g/mol. The molecule has 136 valence electrons. The zero-order chi connectivity index (χ0) is 18.7. The summed E-state index contributed by atoms with van der Waals surface area (Å²) in [5.74, 6) is -0.693. The Hall–Kier alpha value is -1.84. The topological polar surface area (TPSA) is 72.4 Å². The number of fused-ring (bicyclic) bond motifs is 1. The normalized spacial score (nSPS) is 10.9. The maximum absolute atomic E-state index is 13.0. The minimum absolute atomic E-state index is 0.127. The van der Waals surface area contributed by atoms with Gasteiger partial charge < -0.3 is 9.64 Å². The first kappa shape index (κ1) is 18.9. The van der Waals surface area contributed by atoms with E-state index in [9.17, 15) is 9.59 Å². The van der Waals surface area contributed by atoms with Crippen LogP contribution in [0.4, 0.5) is 0 Å². The summed E-state index contributed by atoms with van der Waals surface area (Å²) >= 11 is 6.06. The van der Waals surface area contributed by atoms with Crippen LogP contribution in [-0.2, 0) is 16.1 Å². The highest BCUT2D eigenvalue weighted by Gasteiger charge is 2.25. The van der Waals surface area contributed by atoms with Crippen LogP contribution in [0.3, 0.4) is 0 Å². The summed E-state index contributed by atoms with van der Waals surface area (Å²) in [7, 11) is 0. The molecule has 6 nitrogen and oxygen atoms in total. The molecule has 2 aromatic heterocycles. The average Bonchev–Trinajstić information content (AvgIpc) is 3.15. The van der Waals surface area contributed by atoms with Gasteiger partial charge in [0.2, 0.25) is 0 Å². The van der Waals surface area contributed by atoms with Crippen LogP contribution in [0.15, 0.2) is 28.2 Å². The lowest BCUT2D eigenvalue weighted by Gasteiger charge is -2.20. The van der Waals surface area contributed by atoms with E-state index in [-0.39, 0.29) is 25.6 Å². The molecule has 0 unspecified atom stereocenters. The summed E-state index contributed by atoms with van der Waals surface area (Å²) in [5.41, 5.74) is 1.51. The molecule has 0 atom stereocenters. The van der Waals surface area contributed by atoms with Gasteiger partial charge in [-0.15, -0.1) is 22.7 Å². The number of benzene rings is 1. The van der Waals surface area contributed by atoms with Gasteiger partial charge in [0.05, 0.1) is 29.1 Å². The van der Waals surface area contributed by atoms with Crippen LogP contribution in [0.5, 0.6) is 0 Å². The van der Waals surface area contributed by atoms with Gasteiger partial charge in [0, 0.05) is 0 Å². The number of amides is 1. The van der Waals surface area contributed by atoms with Crippen LogP contribution >= 0.6 is 38.6 Å². The number of carbonyl (C=O) groups is 2. The van der Waals surface area contributed by atoms with Gasteiger partial charge >= 0.3 is 5.97 Å². The van der Waals surface area contributed by atoms with E-state index in [1.54, 1.807) is 13.8 Å². The number of para-hydroxylation sites is 1. The quantitative estimate of drug-likeness (QED) is 0.526. The predicted molar refractivity (Wildman–Crippen MR) is 106 cm³/mol. The van der Waals surface area contributed by atoms with E-state index >= 15 is 0 Å². The summed E-state index contributed by atoms with van der Waals surface area (Å²) in [6.07, 6.45) is 0. The molecule has 3 rings (SSSR count). The third-order valence-corrected chi connectivity index (χ3v) is 6.16. The molecule has 0 bridgehead atoms. The molecule has 1 amide bonds. The Bertz CT molecular complexity index is 921. The second-order valence-electron chi connectivity index (χ2n) is 5.42. The van der Waals surface area contributed by atoms with Crippen LogP contribution < -0.4 is 0 Å². The predicted octanol–water partition coefficient (Wildman–Crippen LogP) is 4.03. The maximum atomic E-state index is 13.0.